The lowest BCUT2D eigenvalue weighted by molar-refractivity contribution is 0.664. The average Bonchev–Trinajstić information content (AvgIpc) is 3.19. The standard InChI is InChI=1S/C17H16Cl2N4OS/c18-5-6-23-9-10(8-20-23)7-12(19)15-21-16(24)14-11-3-1-2-4-13(11)25-17(14)22-15/h7-9H,1-6H2,(H,21,22,24)/b12-7-. The van der Waals surface area contributed by atoms with Crippen molar-refractivity contribution in [1.29, 1.82) is 0 Å². The molecule has 0 unspecified atom stereocenters. The highest BCUT2D eigenvalue weighted by Gasteiger charge is 2.20. The highest BCUT2D eigenvalue weighted by atomic mass is 35.5. The SMILES string of the molecule is O=c1[nH]c(/C(Cl)=C/c2cnn(CCCl)c2)nc2sc3c(c12)CCCC3. The van der Waals surface area contributed by atoms with Crippen molar-refractivity contribution in [1.82, 2.24) is 19.7 Å². The highest BCUT2D eigenvalue weighted by molar-refractivity contribution is 7.18. The van der Waals surface area contributed by atoms with Crippen molar-refractivity contribution in [3.63, 3.8) is 0 Å². The van der Waals surface area contributed by atoms with Crippen LogP contribution in [0.3, 0.4) is 0 Å². The Morgan fingerprint density at radius 1 is 1.40 bits per heavy atom. The van der Waals surface area contributed by atoms with Crippen molar-refractivity contribution in [2.45, 2.75) is 32.2 Å². The van der Waals surface area contributed by atoms with Gasteiger partial charge in [-0.25, -0.2) is 4.98 Å². The molecule has 8 heteroatoms. The summed E-state index contributed by atoms with van der Waals surface area (Å²) in [6, 6.07) is 0. The fourth-order valence-electron chi connectivity index (χ4n) is 3.15. The van der Waals surface area contributed by atoms with Gasteiger partial charge in [-0.15, -0.1) is 22.9 Å². The number of aromatic nitrogens is 4. The Labute approximate surface area is 158 Å². The summed E-state index contributed by atoms with van der Waals surface area (Å²) in [5.41, 5.74) is 1.90. The van der Waals surface area contributed by atoms with E-state index in [1.807, 2.05) is 6.20 Å². The van der Waals surface area contributed by atoms with Crippen LogP contribution in [0, 0.1) is 0 Å². The first-order valence-corrected chi connectivity index (χ1v) is 9.89. The predicted molar refractivity (Wildman–Crippen MR) is 104 cm³/mol. The Kier molecular flexibility index (Phi) is 4.67. The maximum atomic E-state index is 12.6. The fourth-order valence-corrected chi connectivity index (χ4v) is 4.81. The lowest BCUT2D eigenvalue weighted by atomic mass is 9.97. The van der Waals surface area contributed by atoms with Crippen molar-refractivity contribution in [2.24, 2.45) is 0 Å². The minimum atomic E-state index is -0.108. The number of hydrogen-bond acceptors (Lipinski definition) is 4. The number of halogens is 2. The fraction of sp³-hybridized carbons (Fsp3) is 0.353. The number of H-pyrrole nitrogens is 1. The Hall–Kier alpha value is -1.63. The molecule has 25 heavy (non-hydrogen) atoms. The average molecular weight is 395 g/mol. The topological polar surface area (TPSA) is 63.6 Å². The molecule has 0 saturated heterocycles. The molecule has 1 aliphatic carbocycles. The summed E-state index contributed by atoms with van der Waals surface area (Å²) < 4.78 is 1.75. The van der Waals surface area contributed by atoms with E-state index in [9.17, 15) is 4.79 Å². The van der Waals surface area contributed by atoms with Crippen LogP contribution in [0.4, 0.5) is 0 Å². The summed E-state index contributed by atoms with van der Waals surface area (Å²) in [4.78, 5) is 22.1. The largest absolute Gasteiger partial charge is 0.305 e. The number of aryl methyl sites for hydroxylation is 3. The van der Waals surface area contributed by atoms with E-state index >= 15 is 0 Å². The third-order valence-corrected chi connectivity index (χ3v) is 5.95. The van der Waals surface area contributed by atoms with E-state index in [0.29, 0.717) is 23.3 Å². The van der Waals surface area contributed by atoms with Crippen LogP contribution < -0.4 is 5.56 Å². The minimum absolute atomic E-state index is 0.108. The lowest BCUT2D eigenvalue weighted by Gasteiger charge is -2.09. The van der Waals surface area contributed by atoms with Crippen LogP contribution in [-0.4, -0.2) is 25.6 Å². The number of alkyl halides is 1. The molecule has 3 aromatic heterocycles. The first-order chi connectivity index (χ1) is 12.2. The summed E-state index contributed by atoms with van der Waals surface area (Å²) in [6.45, 7) is 0.634. The van der Waals surface area contributed by atoms with E-state index in [4.69, 9.17) is 23.2 Å². The van der Waals surface area contributed by atoms with E-state index in [0.717, 1.165) is 35.0 Å². The molecule has 0 amide bonds. The molecule has 0 aliphatic heterocycles. The van der Waals surface area contributed by atoms with Gasteiger partial charge in [-0.1, -0.05) is 11.6 Å². The summed E-state index contributed by atoms with van der Waals surface area (Å²) in [5.74, 6) is 0.885. The van der Waals surface area contributed by atoms with Gasteiger partial charge < -0.3 is 4.98 Å². The third kappa shape index (κ3) is 3.26. The number of nitrogens with one attached hydrogen (secondary N) is 1. The van der Waals surface area contributed by atoms with E-state index in [1.54, 1.807) is 28.3 Å². The molecule has 4 rings (SSSR count). The molecule has 1 aliphatic rings. The number of thiophene rings is 1. The molecular formula is C17H16Cl2N4OS. The van der Waals surface area contributed by atoms with E-state index in [1.165, 1.54) is 16.9 Å². The molecule has 0 bridgehead atoms. The van der Waals surface area contributed by atoms with Gasteiger partial charge in [0.25, 0.3) is 5.56 Å². The van der Waals surface area contributed by atoms with Crippen molar-refractivity contribution in [2.75, 3.05) is 5.88 Å². The molecule has 0 aromatic carbocycles. The van der Waals surface area contributed by atoms with Gasteiger partial charge in [0.2, 0.25) is 0 Å². The molecule has 0 radical (unpaired) electrons. The van der Waals surface area contributed by atoms with Crippen LogP contribution >= 0.6 is 34.5 Å². The zero-order valence-electron chi connectivity index (χ0n) is 13.4. The second-order valence-electron chi connectivity index (χ2n) is 6.02. The second kappa shape index (κ2) is 6.94. The first-order valence-electron chi connectivity index (χ1n) is 8.16. The number of aromatic amines is 1. The smallest absolute Gasteiger partial charge is 0.260 e. The highest BCUT2D eigenvalue weighted by Crippen LogP contribution is 2.34. The quantitative estimate of drug-likeness (QED) is 0.679. The minimum Gasteiger partial charge on any atom is -0.305 e. The molecule has 1 N–H and O–H groups in total. The Morgan fingerprint density at radius 3 is 3.08 bits per heavy atom. The van der Waals surface area contributed by atoms with Gasteiger partial charge in [0, 0.05) is 22.5 Å². The summed E-state index contributed by atoms with van der Waals surface area (Å²) >= 11 is 13.7. The van der Waals surface area contributed by atoms with Crippen molar-refractivity contribution >= 4 is 55.9 Å². The van der Waals surface area contributed by atoms with Gasteiger partial charge in [-0.05, 0) is 37.3 Å². The van der Waals surface area contributed by atoms with Crippen molar-refractivity contribution < 1.29 is 0 Å². The normalized spacial score (nSPS) is 14.9. The molecule has 0 spiro atoms. The number of rotatable bonds is 4. The molecule has 0 atom stereocenters. The third-order valence-electron chi connectivity index (χ3n) is 4.31. The molecule has 3 heterocycles. The van der Waals surface area contributed by atoms with Gasteiger partial charge in [0.15, 0.2) is 5.82 Å². The molecule has 5 nitrogen and oxygen atoms in total. The summed E-state index contributed by atoms with van der Waals surface area (Å²) in [5, 5.41) is 5.33. The Morgan fingerprint density at radius 2 is 2.24 bits per heavy atom. The maximum Gasteiger partial charge on any atom is 0.260 e. The van der Waals surface area contributed by atoms with Gasteiger partial charge in [-0.2, -0.15) is 5.10 Å². The van der Waals surface area contributed by atoms with E-state index in [-0.39, 0.29) is 5.56 Å². The Balaban J connectivity index is 1.73. The molecule has 3 aromatic rings. The molecule has 130 valence electrons. The lowest BCUT2D eigenvalue weighted by Crippen LogP contribution is -2.12. The van der Waals surface area contributed by atoms with Crippen LogP contribution in [0.25, 0.3) is 21.3 Å². The summed E-state index contributed by atoms with van der Waals surface area (Å²) in [6.07, 6.45) is 9.61. The second-order valence-corrected chi connectivity index (χ2v) is 7.89. The predicted octanol–water partition coefficient (Wildman–Crippen LogP) is 4.04. The zero-order valence-corrected chi connectivity index (χ0v) is 15.7. The van der Waals surface area contributed by atoms with Crippen LogP contribution in [-0.2, 0) is 19.4 Å². The maximum absolute atomic E-state index is 12.6. The molecule has 0 fully saturated rings. The zero-order chi connectivity index (χ0) is 17.4. The van der Waals surface area contributed by atoms with Gasteiger partial charge >= 0.3 is 0 Å². The van der Waals surface area contributed by atoms with Crippen molar-refractivity contribution in [3.8, 4) is 0 Å². The van der Waals surface area contributed by atoms with Gasteiger partial charge in [0.1, 0.15) is 4.83 Å². The van der Waals surface area contributed by atoms with E-state index < -0.39 is 0 Å². The van der Waals surface area contributed by atoms with Crippen LogP contribution in [0.15, 0.2) is 17.2 Å². The van der Waals surface area contributed by atoms with Crippen LogP contribution in [0.2, 0.25) is 0 Å². The molecular weight excluding hydrogens is 379 g/mol. The molecule has 0 saturated carbocycles. The van der Waals surface area contributed by atoms with E-state index in [2.05, 4.69) is 15.1 Å². The van der Waals surface area contributed by atoms with Gasteiger partial charge in [-0.3, -0.25) is 9.48 Å². The van der Waals surface area contributed by atoms with Crippen LogP contribution in [0.1, 0.15) is 34.7 Å². The van der Waals surface area contributed by atoms with Crippen molar-refractivity contribution in [3.05, 3.63) is 44.6 Å². The van der Waals surface area contributed by atoms with Gasteiger partial charge in [0.05, 0.1) is 23.2 Å². The number of nitrogens with zero attached hydrogens (tertiary/aromatic N) is 3. The first kappa shape index (κ1) is 16.8. The monoisotopic (exact) mass is 394 g/mol. The van der Waals surface area contributed by atoms with Crippen LogP contribution in [0.5, 0.6) is 0 Å². The number of hydrogen-bond donors (Lipinski definition) is 1. The summed E-state index contributed by atoms with van der Waals surface area (Å²) in [7, 11) is 0. The number of fused-ring (bicyclic) bond motifs is 3. The Bertz CT molecular complexity index is 1020.